The van der Waals surface area contributed by atoms with Crippen molar-refractivity contribution in [3.8, 4) is 0 Å². The molecule has 0 unspecified atom stereocenters. The van der Waals surface area contributed by atoms with Gasteiger partial charge in [0.05, 0.1) is 12.5 Å². The molecule has 3 nitrogen and oxygen atoms in total. The molecule has 0 aromatic heterocycles. The van der Waals surface area contributed by atoms with E-state index in [9.17, 15) is 4.79 Å². The number of rotatable bonds is 5. The number of hydrogen-bond acceptors (Lipinski definition) is 2. The molecule has 0 aromatic carbocycles. The summed E-state index contributed by atoms with van der Waals surface area (Å²) < 4.78 is 6.02. The van der Waals surface area contributed by atoms with E-state index < -0.39 is 14.3 Å². The predicted octanol–water partition coefficient (Wildman–Crippen LogP) is 3.26. The first kappa shape index (κ1) is 14.6. The molecule has 0 saturated heterocycles. The zero-order valence-corrected chi connectivity index (χ0v) is 11.8. The Labute approximate surface area is 94.0 Å². The fraction of sp³-hybridized carbons (Fsp3) is 0.909. The molecule has 0 fully saturated rings. The van der Waals surface area contributed by atoms with Gasteiger partial charge in [0.1, 0.15) is 0 Å². The van der Waals surface area contributed by atoms with E-state index in [0.29, 0.717) is 0 Å². The highest BCUT2D eigenvalue weighted by molar-refractivity contribution is 6.74. The van der Waals surface area contributed by atoms with E-state index in [4.69, 9.17) is 9.53 Å². The second-order valence-electron chi connectivity index (χ2n) is 5.51. The van der Waals surface area contributed by atoms with Crippen LogP contribution in [-0.2, 0) is 9.22 Å². The molecule has 1 atom stereocenters. The van der Waals surface area contributed by atoms with Crippen molar-refractivity contribution in [1.82, 2.24) is 0 Å². The van der Waals surface area contributed by atoms with E-state index in [2.05, 4.69) is 33.9 Å². The first-order valence-corrected chi connectivity index (χ1v) is 8.40. The van der Waals surface area contributed by atoms with E-state index in [-0.39, 0.29) is 17.6 Å². The van der Waals surface area contributed by atoms with Gasteiger partial charge in [0.25, 0.3) is 0 Å². The van der Waals surface area contributed by atoms with Crippen LogP contribution in [0.25, 0.3) is 0 Å². The largest absolute Gasteiger partial charge is 0.481 e. The Kier molecular flexibility index (Phi) is 5.00. The number of carboxylic acid groups (broad SMARTS) is 1. The molecule has 0 aliphatic carbocycles. The summed E-state index contributed by atoms with van der Waals surface area (Å²) in [6.07, 6.45) is 0.741. The van der Waals surface area contributed by atoms with Gasteiger partial charge in [-0.25, -0.2) is 0 Å². The summed E-state index contributed by atoms with van der Waals surface area (Å²) in [6, 6.07) is 0. The number of aliphatic carboxylic acids is 1. The molecule has 0 amide bonds. The molecule has 1 N–H and O–H groups in total. The molecule has 0 aliphatic heterocycles. The highest BCUT2D eigenvalue weighted by Gasteiger charge is 2.39. The van der Waals surface area contributed by atoms with Crippen molar-refractivity contribution in [3.05, 3.63) is 0 Å². The normalized spacial score (nSPS) is 15.1. The maximum absolute atomic E-state index is 10.6. The number of carboxylic acids is 1. The lowest BCUT2D eigenvalue weighted by atomic mass is 10.2. The van der Waals surface area contributed by atoms with Crippen LogP contribution in [0.2, 0.25) is 18.1 Å². The Hall–Kier alpha value is -0.353. The minimum Gasteiger partial charge on any atom is -0.481 e. The molecular formula is C11H24O3Si. The smallest absolute Gasteiger partial charge is 0.305 e. The van der Waals surface area contributed by atoms with Gasteiger partial charge in [0.2, 0.25) is 0 Å². The van der Waals surface area contributed by atoms with Crippen LogP contribution in [0.1, 0.15) is 40.5 Å². The van der Waals surface area contributed by atoms with Crippen molar-refractivity contribution in [3.63, 3.8) is 0 Å². The van der Waals surface area contributed by atoms with Gasteiger partial charge in [-0.1, -0.05) is 27.7 Å². The Morgan fingerprint density at radius 2 is 1.87 bits per heavy atom. The van der Waals surface area contributed by atoms with Crippen molar-refractivity contribution in [2.24, 2.45) is 0 Å². The predicted molar refractivity (Wildman–Crippen MR) is 64.6 cm³/mol. The maximum atomic E-state index is 10.6. The summed E-state index contributed by atoms with van der Waals surface area (Å²) in [6.45, 7) is 12.8. The minimum atomic E-state index is -1.82. The van der Waals surface area contributed by atoms with Crippen molar-refractivity contribution >= 4 is 14.3 Å². The molecular weight excluding hydrogens is 208 g/mol. The summed E-state index contributed by atoms with van der Waals surface area (Å²) in [5.41, 5.74) is 0. The maximum Gasteiger partial charge on any atom is 0.305 e. The Bertz CT molecular complexity index is 218. The average Bonchev–Trinajstić information content (AvgIpc) is 1.99. The van der Waals surface area contributed by atoms with Crippen molar-refractivity contribution in [2.45, 2.75) is 64.8 Å². The van der Waals surface area contributed by atoms with Gasteiger partial charge in [-0.05, 0) is 24.6 Å². The summed E-state index contributed by atoms with van der Waals surface area (Å²) in [7, 11) is -1.82. The SMILES string of the molecule is CC[C@@H](CC(=O)O)O[Si](C)(C)C(C)(C)C. The lowest BCUT2D eigenvalue weighted by Crippen LogP contribution is -2.44. The van der Waals surface area contributed by atoms with Gasteiger partial charge >= 0.3 is 5.97 Å². The van der Waals surface area contributed by atoms with Crippen LogP contribution in [0.4, 0.5) is 0 Å². The Morgan fingerprint density at radius 1 is 1.40 bits per heavy atom. The molecule has 0 saturated carbocycles. The fourth-order valence-electron chi connectivity index (χ4n) is 1.06. The summed E-state index contributed by atoms with van der Waals surface area (Å²) in [5.74, 6) is -0.777. The lowest BCUT2D eigenvalue weighted by Gasteiger charge is -2.38. The third-order valence-electron chi connectivity index (χ3n) is 3.13. The van der Waals surface area contributed by atoms with Gasteiger partial charge in [0.15, 0.2) is 8.32 Å². The van der Waals surface area contributed by atoms with Crippen molar-refractivity contribution in [2.75, 3.05) is 0 Å². The zero-order valence-electron chi connectivity index (χ0n) is 10.8. The number of hydrogen-bond donors (Lipinski definition) is 1. The molecule has 0 aliphatic rings. The Morgan fingerprint density at radius 3 is 2.13 bits per heavy atom. The Balaban J connectivity index is 4.47. The first-order chi connectivity index (χ1) is 6.60. The van der Waals surface area contributed by atoms with Gasteiger partial charge < -0.3 is 9.53 Å². The van der Waals surface area contributed by atoms with Gasteiger partial charge in [-0.15, -0.1) is 0 Å². The average molecular weight is 232 g/mol. The third-order valence-corrected chi connectivity index (χ3v) is 7.66. The van der Waals surface area contributed by atoms with E-state index in [1.165, 1.54) is 0 Å². The van der Waals surface area contributed by atoms with Crippen molar-refractivity contribution in [1.29, 1.82) is 0 Å². The summed E-state index contributed by atoms with van der Waals surface area (Å²) >= 11 is 0. The van der Waals surface area contributed by atoms with E-state index in [0.717, 1.165) is 6.42 Å². The summed E-state index contributed by atoms with van der Waals surface area (Å²) in [5, 5.41) is 8.89. The molecule has 0 spiro atoms. The van der Waals surface area contributed by atoms with Crippen LogP contribution in [-0.4, -0.2) is 25.5 Å². The standard InChI is InChI=1S/C11H24O3Si/c1-7-9(8-10(12)13)14-15(5,6)11(2,3)4/h9H,7-8H2,1-6H3,(H,12,13)/t9-/m0/s1. The van der Waals surface area contributed by atoms with Crippen LogP contribution in [0, 0.1) is 0 Å². The molecule has 0 bridgehead atoms. The molecule has 0 aromatic rings. The molecule has 15 heavy (non-hydrogen) atoms. The zero-order chi connectivity index (χ0) is 12.3. The topological polar surface area (TPSA) is 46.5 Å². The van der Waals surface area contributed by atoms with Crippen LogP contribution in [0.5, 0.6) is 0 Å². The second-order valence-corrected chi connectivity index (χ2v) is 10.3. The first-order valence-electron chi connectivity index (χ1n) is 5.49. The monoisotopic (exact) mass is 232 g/mol. The van der Waals surface area contributed by atoms with E-state index >= 15 is 0 Å². The van der Waals surface area contributed by atoms with E-state index in [1.807, 2.05) is 6.92 Å². The third kappa shape index (κ3) is 4.80. The van der Waals surface area contributed by atoms with Gasteiger partial charge in [0, 0.05) is 0 Å². The van der Waals surface area contributed by atoms with E-state index in [1.54, 1.807) is 0 Å². The minimum absolute atomic E-state index is 0.114. The van der Waals surface area contributed by atoms with Gasteiger partial charge in [-0.3, -0.25) is 4.79 Å². The van der Waals surface area contributed by atoms with Crippen molar-refractivity contribution < 1.29 is 14.3 Å². The second kappa shape index (κ2) is 5.12. The lowest BCUT2D eigenvalue weighted by molar-refractivity contribution is -0.139. The van der Waals surface area contributed by atoms with Crippen LogP contribution in [0.15, 0.2) is 0 Å². The van der Waals surface area contributed by atoms with Crippen LogP contribution in [0.3, 0.4) is 0 Å². The highest BCUT2D eigenvalue weighted by atomic mass is 28.4. The highest BCUT2D eigenvalue weighted by Crippen LogP contribution is 2.37. The van der Waals surface area contributed by atoms with Crippen LogP contribution < -0.4 is 0 Å². The molecule has 0 rings (SSSR count). The fourth-order valence-corrected chi connectivity index (χ4v) is 2.49. The quantitative estimate of drug-likeness (QED) is 0.740. The number of carbonyl (C=O) groups is 1. The molecule has 0 heterocycles. The molecule has 4 heteroatoms. The van der Waals surface area contributed by atoms with Crippen LogP contribution >= 0.6 is 0 Å². The summed E-state index contributed by atoms with van der Waals surface area (Å²) in [4.78, 5) is 10.6. The molecule has 90 valence electrons. The molecule has 0 radical (unpaired) electrons. The van der Waals surface area contributed by atoms with Gasteiger partial charge in [-0.2, -0.15) is 0 Å².